The van der Waals surface area contributed by atoms with Crippen LogP contribution in [0.1, 0.15) is 27.7 Å². The Morgan fingerprint density at radius 3 is 2.00 bits per heavy atom. The van der Waals surface area contributed by atoms with E-state index in [4.69, 9.17) is 5.73 Å². The highest BCUT2D eigenvalue weighted by atomic mass is 16.1. The molecule has 3 N–H and O–H groups in total. The fraction of sp³-hybridized carbons (Fsp3) is 0.857. The summed E-state index contributed by atoms with van der Waals surface area (Å²) in [7, 11) is 0. The Morgan fingerprint density at radius 2 is 1.90 bits per heavy atom. The molecule has 0 spiro atoms. The second-order valence-corrected chi connectivity index (χ2v) is 3.52. The highest BCUT2D eigenvalue weighted by Gasteiger charge is 2.16. The van der Waals surface area contributed by atoms with Crippen molar-refractivity contribution in [2.75, 3.05) is 0 Å². The van der Waals surface area contributed by atoms with Crippen molar-refractivity contribution in [3.63, 3.8) is 0 Å². The van der Waals surface area contributed by atoms with Gasteiger partial charge in [-0.2, -0.15) is 0 Å². The number of hydrogen-bond donors (Lipinski definition) is 2. The van der Waals surface area contributed by atoms with E-state index in [1.54, 1.807) is 6.92 Å². The minimum Gasteiger partial charge on any atom is -0.368 e. The maximum absolute atomic E-state index is 10.5. The van der Waals surface area contributed by atoms with Crippen molar-refractivity contribution < 1.29 is 4.79 Å². The van der Waals surface area contributed by atoms with Crippen molar-refractivity contribution in [3.05, 3.63) is 0 Å². The van der Waals surface area contributed by atoms with Crippen LogP contribution in [-0.2, 0) is 4.79 Å². The number of hydrogen-bond acceptors (Lipinski definition) is 2. The summed E-state index contributed by atoms with van der Waals surface area (Å²) in [5, 5.41) is 3.04. The lowest BCUT2D eigenvalue weighted by atomic mass is 10.1. The molecule has 0 rings (SSSR count). The number of nitrogens with one attached hydrogen (secondary N) is 1. The first-order valence-corrected chi connectivity index (χ1v) is 3.40. The van der Waals surface area contributed by atoms with Gasteiger partial charge in [-0.3, -0.25) is 4.79 Å². The maximum Gasteiger partial charge on any atom is 0.234 e. The Morgan fingerprint density at radius 1 is 1.50 bits per heavy atom. The topological polar surface area (TPSA) is 55.1 Å². The molecule has 3 heteroatoms. The fourth-order valence-electron chi connectivity index (χ4n) is 0.721. The average Bonchev–Trinajstić information content (AvgIpc) is 1.60. The molecule has 10 heavy (non-hydrogen) atoms. The summed E-state index contributed by atoms with van der Waals surface area (Å²) in [6, 6.07) is -0.250. The van der Waals surface area contributed by atoms with Gasteiger partial charge in [-0.15, -0.1) is 0 Å². The summed E-state index contributed by atoms with van der Waals surface area (Å²) < 4.78 is 0. The third-order valence-corrected chi connectivity index (χ3v) is 1.08. The van der Waals surface area contributed by atoms with Crippen LogP contribution >= 0.6 is 0 Å². The molecule has 0 aromatic carbocycles. The minimum absolute atomic E-state index is 0.0472. The Hall–Kier alpha value is -0.570. The van der Waals surface area contributed by atoms with Gasteiger partial charge >= 0.3 is 0 Å². The van der Waals surface area contributed by atoms with Crippen LogP contribution in [0, 0.1) is 0 Å². The summed E-state index contributed by atoms with van der Waals surface area (Å²) in [5.74, 6) is -0.310. The van der Waals surface area contributed by atoms with Gasteiger partial charge in [0, 0.05) is 5.54 Å². The first kappa shape index (κ1) is 9.43. The predicted octanol–water partition coefficient (Wildman–Crippen LogP) is 0.248. The Bertz CT molecular complexity index is 126. The molecule has 0 radical (unpaired) electrons. The predicted molar refractivity (Wildman–Crippen MR) is 41.5 cm³/mol. The third-order valence-electron chi connectivity index (χ3n) is 1.08. The van der Waals surface area contributed by atoms with Crippen LogP contribution < -0.4 is 11.1 Å². The van der Waals surface area contributed by atoms with E-state index in [2.05, 4.69) is 5.32 Å². The number of carbonyl (C=O) groups excluding carboxylic acids is 1. The minimum atomic E-state index is -0.310. The largest absolute Gasteiger partial charge is 0.368 e. The van der Waals surface area contributed by atoms with E-state index in [1.807, 2.05) is 20.8 Å². The van der Waals surface area contributed by atoms with Crippen molar-refractivity contribution in [2.45, 2.75) is 39.3 Å². The van der Waals surface area contributed by atoms with Crippen molar-refractivity contribution >= 4 is 5.91 Å². The van der Waals surface area contributed by atoms with Gasteiger partial charge in [-0.25, -0.2) is 0 Å². The monoisotopic (exact) mass is 144 g/mol. The molecule has 1 atom stereocenters. The normalized spacial score (nSPS) is 14.8. The molecule has 0 aromatic heterocycles. The van der Waals surface area contributed by atoms with Gasteiger partial charge in [0.05, 0.1) is 6.04 Å². The standard InChI is InChI=1S/C7H16N2O/c1-5(6(8)10)9-7(2,3)4/h5,9H,1-4H3,(H2,8,10)/t5-/m0/s1. The quantitative estimate of drug-likeness (QED) is 0.583. The van der Waals surface area contributed by atoms with Crippen molar-refractivity contribution in [1.82, 2.24) is 5.32 Å². The SMILES string of the molecule is C[C@H](NC(C)(C)C)C(N)=O. The van der Waals surface area contributed by atoms with Crippen LogP contribution in [0.5, 0.6) is 0 Å². The molecule has 0 unspecified atom stereocenters. The molecule has 0 saturated heterocycles. The molecule has 0 aliphatic rings. The zero-order valence-corrected chi connectivity index (χ0v) is 7.06. The van der Waals surface area contributed by atoms with E-state index in [0.717, 1.165) is 0 Å². The molecule has 0 saturated carbocycles. The lowest BCUT2D eigenvalue weighted by Crippen LogP contribution is -2.48. The van der Waals surface area contributed by atoms with Gasteiger partial charge in [0.15, 0.2) is 0 Å². The molecule has 60 valence electrons. The summed E-state index contributed by atoms with van der Waals surface area (Å²) in [6.45, 7) is 7.74. The highest BCUT2D eigenvalue weighted by molar-refractivity contribution is 5.79. The van der Waals surface area contributed by atoms with Crippen molar-refractivity contribution in [3.8, 4) is 0 Å². The van der Waals surface area contributed by atoms with Crippen molar-refractivity contribution in [2.24, 2.45) is 5.73 Å². The summed E-state index contributed by atoms with van der Waals surface area (Å²) in [4.78, 5) is 10.5. The van der Waals surface area contributed by atoms with Crippen LogP contribution in [-0.4, -0.2) is 17.5 Å². The third kappa shape index (κ3) is 4.32. The summed E-state index contributed by atoms with van der Waals surface area (Å²) in [6.07, 6.45) is 0. The van der Waals surface area contributed by atoms with Crippen molar-refractivity contribution in [1.29, 1.82) is 0 Å². The summed E-state index contributed by atoms with van der Waals surface area (Å²) in [5.41, 5.74) is 4.99. The number of primary amides is 1. The van der Waals surface area contributed by atoms with Crippen LogP contribution in [0.2, 0.25) is 0 Å². The molecular formula is C7H16N2O. The molecule has 0 aliphatic carbocycles. The van der Waals surface area contributed by atoms with E-state index in [0.29, 0.717) is 0 Å². The number of rotatable bonds is 2. The van der Waals surface area contributed by atoms with E-state index < -0.39 is 0 Å². The van der Waals surface area contributed by atoms with Crippen LogP contribution in [0.25, 0.3) is 0 Å². The van der Waals surface area contributed by atoms with Gasteiger partial charge < -0.3 is 11.1 Å². The number of nitrogens with two attached hydrogens (primary N) is 1. The molecule has 1 amide bonds. The Labute approximate surface area is 62.0 Å². The van der Waals surface area contributed by atoms with Gasteiger partial charge in [-0.1, -0.05) is 0 Å². The zero-order valence-electron chi connectivity index (χ0n) is 7.06. The van der Waals surface area contributed by atoms with Crippen LogP contribution in [0.15, 0.2) is 0 Å². The first-order valence-electron chi connectivity index (χ1n) is 3.40. The lowest BCUT2D eigenvalue weighted by molar-refractivity contribution is -0.120. The van der Waals surface area contributed by atoms with Gasteiger partial charge in [0.2, 0.25) is 5.91 Å². The van der Waals surface area contributed by atoms with E-state index in [-0.39, 0.29) is 17.5 Å². The lowest BCUT2D eigenvalue weighted by Gasteiger charge is -2.23. The van der Waals surface area contributed by atoms with E-state index >= 15 is 0 Å². The molecule has 0 heterocycles. The van der Waals surface area contributed by atoms with Crippen LogP contribution in [0.4, 0.5) is 0 Å². The molecule has 0 aliphatic heterocycles. The molecule has 0 bridgehead atoms. The molecular weight excluding hydrogens is 128 g/mol. The summed E-state index contributed by atoms with van der Waals surface area (Å²) >= 11 is 0. The molecule has 3 nitrogen and oxygen atoms in total. The number of carbonyl (C=O) groups is 1. The Kier molecular flexibility index (Phi) is 2.84. The fourth-order valence-corrected chi connectivity index (χ4v) is 0.721. The van der Waals surface area contributed by atoms with Gasteiger partial charge in [0.25, 0.3) is 0 Å². The van der Waals surface area contributed by atoms with E-state index in [9.17, 15) is 4.79 Å². The molecule has 0 fully saturated rings. The number of amides is 1. The van der Waals surface area contributed by atoms with Crippen LogP contribution in [0.3, 0.4) is 0 Å². The first-order chi connectivity index (χ1) is 4.33. The highest BCUT2D eigenvalue weighted by Crippen LogP contribution is 1.99. The van der Waals surface area contributed by atoms with Gasteiger partial charge in [0.1, 0.15) is 0 Å². The maximum atomic E-state index is 10.5. The second kappa shape index (κ2) is 3.01. The van der Waals surface area contributed by atoms with Gasteiger partial charge in [-0.05, 0) is 27.7 Å². The smallest absolute Gasteiger partial charge is 0.234 e. The average molecular weight is 144 g/mol. The zero-order chi connectivity index (χ0) is 8.36. The molecule has 0 aromatic rings. The Balaban J connectivity index is 3.80. The second-order valence-electron chi connectivity index (χ2n) is 3.52. The van der Waals surface area contributed by atoms with E-state index in [1.165, 1.54) is 0 Å².